The number of benzene rings is 3. The number of hydrogen-bond acceptors (Lipinski definition) is 2. The molecule has 3 aromatic rings. The molecule has 2 heteroatoms. The van der Waals surface area contributed by atoms with E-state index in [0.29, 0.717) is 24.3 Å². The lowest BCUT2D eigenvalue weighted by Gasteiger charge is -2.12. The van der Waals surface area contributed by atoms with Gasteiger partial charge in [-0.25, -0.2) is 0 Å². The van der Waals surface area contributed by atoms with E-state index in [1.54, 1.807) is 0 Å². The molecule has 0 aliphatic rings. The first kappa shape index (κ1) is 16.1. The van der Waals surface area contributed by atoms with Crippen molar-refractivity contribution in [2.24, 2.45) is 0 Å². The maximum Gasteiger partial charge on any atom is 0.122 e. The Labute approximate surface area is 143 Å². The van der Waals surface area contributed by atoms with E-state index in [9.17, 15) is 10.2 Å². The molecule has 0 saturated heterocycles. The lowest BCUT2D eigenvalue weighted by atomic mass is 9.96. The maximum absolute atomic E-state index is 10.7. The highest BCUT2D eigenvalue weighted by Gasteiger charge is 2.11. The summed E-state index contributed by atoms with van der Waals surface area (Å²) in [7, 11) is 0. The highest BCUT2D eigenvalue weighted by atomic mass is 16.3. The van der Waals surface area contributed by atoms with Crippen molar-refractivity contribution in [1.29, 1.82) is 0 Å². The van der Waals surface area contributed by atoms with Gasteiger partial charge < -0.3 is 10.2 Å². The number of phenols is 2. The number of phenolic OH excluding ortho intramolecular Hbond substituents is 2. The van der Waals surface area contributed by atoms with Crippen molar-refractivity contribution < 1.29 is 10.2 Å². The van der Waals surface area contributed by atoms with Gasteiger partial charge in [0.1, 0.15) is 11.5 Å². The van der Waals surface area contributed by atoms with Crippen LogP contribution in [0.5, 0.6) is 11.5 Å². The SMILES string of the molecule is Cc1cccc(Cc2cccc(Cc3cccc(C)c3O)c2O)c1. The number of rotatable bonds is 4. The van der Waals surface area contributed by atoms with Crippen LogP contribution in [0.2, 0.25) is 0 Å². The maximum atomic E-state index is 10.7. The van der Waals surface area contributed by atoms with E-state index in [2.05, 4.69) is 25.1 Å². The van der Waals surface area contributed by atoms with Gasteiger partial charge in [-0.05, 0) is 41.7 Å². The van der Waals surface area contributed by atoms with Crippen LogP contribution in [0, 0.1) is 13.8 Å². The number of hydrogen-bond donors (Lipinski definition) is 2. The molecule has 0 aliphatic heterocycles. The molecule has 2 N–H and O–H groups in total. The van der Waals surface area contributed by atoms with Crippen LogP contribution in [0.15, 0.2) is 60.7 Å². The molecule has 0 atom stereocenters. The van der Waals surface area contributed by atoms with Gasteiger partial charge in [0.15, 0.2) is 0 Å². The first-order chi connectivity index (χ1) is 11.5. The zero-order valence-electron chi connectivity index (χ0n) is 14.1. The van der Waals surface area contributed by atoms with E-state index >= 15 is 0 Å². The van der Waals surface area contributed by atoms with Crippen molar-refractivity contribution in [3.05, 3.63) is 94.0 Å². The topological polar surface area (TPSA) is 40.5 Å². The summed E-state index contributed by atoms with van der Waals surface area (Å²) in [6.45, 7) is 3.95. The van der Waals surface area contributed by atoms with Crippen molar-refractivity contribution in [2.45, 2.75) is 26.7 Å². The third-order valence-electron chi connectivity index (χ3n) is 4.38. The van der Waals surface area contributed by atoms with E-state index in [1.165, 1.54) is 11.1 Å². The van der Waals surface area contributed by atoms with Crippen LogP contribution in [0.25, 0.3) is 0 Å². The van der Waals surface area contributed by atoms with Gasteiger partial charge in [0, 0.05) is 12.8 Å². The summed E-state index contributed by atoms with van der Waals surface area (Å²) in [5.74, 6) is 0.626. The summed E-state index contributed by atoms with van der Waals surface area (Å²) in [4.78, 5) is 0. The van der Waals surface area contributed by atoms with E-state index in [1.807, 2.05) is 49.4 Å². The molecule has 0 heterocycles. The molecule has 122 valence electrons. The molecule has 3 rings (SSSR count). The predicted molar refractivity (Wildman–Crippen MR) is 97.7 cm³/mol. The molecule has 0 radical (unpaired) electrons. The molecular formula is C22H22O2. The Morgan fingerprint density at radius 1 is 0.667 bits per heavy atom. The Hall–Kier alpha value is -2.74. The van der Waals surface area contributed by atoms with E-state index in [0.717, 1.165) is 22.3 Å². The van der Waals surface area contributed by atoms with E-state index < -0.39 is 0 Å². The monoisotopic (exact) mass is 318 g/mol. The molecule has 2 nitrogen and oxygen atoms in total. The van der Waals surface area contributed by atoms with Gasteiger partial charge in [-0.15, -0.1) is 0 Å². The minimum atomic E-state index is 0.306. The summed E-state index contributed by atoms with van der Waals surface area (Å²) in [5.41, 5.74) is 5.82. The number of para-hydroxylation sites is 2. The normalized spacial score (nSPS) is 10.8. The van der Waals surface area contributed by atoms with Gasteiger partial charge in [-0.3, -0.25) is 0 Å². The molecular weight excluding hydrogens is 296 g/mol. The predicted octanol–water partition coefficient (Wildman–Crippen LogP) is 4.90. The first-order valence-corrected chi connectivity index (χ1v) is 8.17. The average molecular weight is 318 g/mol. The summed E-state index contributed by atoms with van der Waals surface area (Å²) in [6, 6.07) is 19.9. The Bertz CT molecular complexity index is 866. The quantitative estimate of drug-likeness (QED) is 0.718. The molecule has 0 amide bonds. The molecule has 0 spiro atoms. The molecule has 0 aromatic heterocycles. The summed E-state index contributed by atoms with van der Waals surface area (Å²) in [6.07, 6.45) is 1.21. The van der Waals surface area contributed by atoms with Crippen LogP contribution in [-0.4, -0.2) is 10.2 Å². The van der Waals surface area contributed by atoms with Crippen LogP contribution in [-0.2, 0) is 12.8 Å². The fourth-order valence-corrected chi connectivity index (χ4v) is 3.04. The Balaban J connectivity index is 1.89. The standard InChI is InChI=1S/C22H22O2/c1-15-6-3-8-17(12-15)13-18-10-5-11-20(22(18)24)14-19-9-4-7-16(2)21(19)23/h3-12,23-24H,13-14H2,1-2H3. The Morgan fingerprint density at radius 2 is 1.25 bits per heavy atom. The van der Waals surface area contributed by atoms with Gasteiger partial charge >= 0.3 is 0 Å². The van der Waals surface area contributed by atoms with Crippen molar-refractivity contribution in [3.8, 4) is 11.5 Å². The second-order valence-corrected chi connectivity index (χ2v) is 6.35. The minimum Gasteiger partial charge on any atom is -0.507 e. The van der Waals surface area contributed by atoms with Gasteiger partial charge in [0.25, 0.3) is 0 Å². The number of aromatic hydroxyl groups is 2. The third kappa shape index (κ3) is 3.43. The van der Waals surface area contributed by atoms with Gasteiger partial charge in [-0.2, -0.15) is 0 Å². The second-order valence-electron chi connectivity index (χ2n) is 6.35. The molecule has 0 bridgehead atoms. The summed E-state index contributed by atoms with van der Waals surface area (Å²) in [5, 5.41) is 20.9. The molecule has 0 aliphatic carbocycles. The van der Waals surface area contributed by atoms with Crippen molar-refractivity contribution in [3.63, 3.8) is 0 Å². The summed E-state index contributed by atoms with van der Waals surface area (Å²) >= 11 is 0. The molecule has 0 unspecified atom stereocenters. The first-order valence-electron chi connectivity index (χ1n) is 8.17. The van der Waals surface area contributed by atoms with Gasteiger partial charge in [-0.1, -0.05) is 66.2 Å². The van der Waals surface area contributed by atoms with E-state index in [4.69, 9.17) is 0 Å². The Kier molecular flexibility index (Phi) is 4.57. The number of aryl methyl sites for hydroxylation is 2. The molecule has 0 saturated carbocycles. The highest BCUT2D eigenvalue weighted by molar-refractivity contribution is 5.48. The molecule has 0 fully saturated rings. The van der Waals surface area contributed by atoms with Crippen LogP contribution < -0.4 is 0 Å². The largest absolute Gasteiger partial charge is 0.507 e. The van der Waals surface area contributed by atoms with Crippen LogP contribution in [0.3, 0.4) is 0 Å². The lowest BCUT2D eigenvalue weighted by molar-refractivity contribution is 0.457. The molecule has 24 heavy (non-hydrogen) atoms. The smallest absolute Gasteiger partial charge is 0.122 e. The Morgan fingerprint density at radius 3 is 1.96 bits per heavy atom. The molecule has 3 aromatic carbocycles. The zero-order valence-corrected chi connectivity index (χ0v) is 14.1. The van der Waals surface area contributed by atoms with Crippen molar-refractivity contribution >= 4 is 0 Å². The second kappa shape index (κ2) is 6.79. The van der Waals surface area contributed by atoms with Crippen molar-refractivity contribution in [1.82, 2.24) is 0 Å². The van der Waals surface area contributed by atoms with Crippen LogP contribution >= 0.6 is 0 Å². The average Bonchev–Trinajstić information content (AvgIpc) is 2.55. The lowest BCUT2D eigenvalue weighted by Crippen LogP contribution is -1.95. The van der Waals surface area contributed by atoms with Crippen LogP contribution in [0.1, 0.15) is 33.4 Å². The fourth-order valence-electron chi connectivity index (χ4n) is 3.04. The minimum absolute atomic E-state index is 0.306. The zero-order chi connectivity index (χ0) is 17.1. The summed E-state index contributed by atoms with van der Waals surface area (Å²) < 4.78 is 0. The van der Waals surface area contributed by atoms with Crippen molar-refractivity contribution in [2.75, 3.05) is 0 Å². The fraction of sp³-hybridized carbons (Fsp3) is 0.182. The van der Waals surface area contributed by atoms with E-state index in [-0.39, 0.29) is 0 Å². The third-order valence-corrected chi connectivity index (χ3v) is 4.38. The highest BCUT2D eigenvalue weighted by Crippen LogP contribution is 2.30. The van der Waals surface area contributed by atoms with Gasteiger partial charge in [0.2, 0.25) is 0 Å². The van der Waals surface area contributed by atoms with Crippen LogP contribution in [0.4, 0.5) is 0 Å². The van der Waals surface area contributed by atoms with Gasteiger partial charge in [0.05, 0.1) is 0 Å².